The Morgan fingerprint density at radius 1 is 1.05 bits per heavy atom. The van der Waals surface area contributed by atoms with Crippen LogP contribution in [0.4, 0.5) is 5.69 Å². The van der Waals surface area contributed by atoms with E-state index in [1.54, 1.807) is 0 Å². The number of rotatable bonds is 4. The zero-order valence-electron chi connectivity index (χ0n) is 10.9. The molecule has 0 atom stereocenters. The largest absolute Gasteiger partial charge is 0.490 e. The molecular formula is C16H15BrN2O. The van der Waals surface area contributed by atoms with Gasteiger partial charge in [-0.1, -0.05) is 30.3 Å². The van der Waals surface area contributed by atoms with Gasteiger partial charge in [-0.2, -0.15) is 0 Å². The second-order valence-corrected chi connectivity index (χ2v) is 5.43. The van der Waals surface area contributed by atoms with Crippen LogP contribution in [0.5, 0.6) is 5.75 Å². The predicted molar refractivity (Wildman–Crippen MR) is 86.0 cm³/mol. The summed E-state index contributed by atoms with van der Waals surface area (Å²) in [5, 5.41) is 1.21. The van der Waals surface area contributed by atoms with Crippen molar-refractivity contribution in [3.8, 4) is 5.75 Å². The Balaban J connectivity index is 1.73. The first-order chi connectivity index (χ1) is 9.75. The lowest BCUT2D eigenvalue weighted by Crippen LogP contribution is -2.08. The van der Waals surface area contributed by atoms with E-state index >= 15 is 0 Å². The zero-order valence-corrected chi connectivity index (χ0v) is 12.5. The second-order valence-electron chi connectivity index (χ2n) is 4.57. The quantitative estimate of drug-likeness (QED) is 0.732. The molecule has 0 spiro atoms. The summed E-state index contributed by atoms with van der Waals surface area (Å²) >= 11 is 3.58. The van der Waals surface area contributed by atoms with Crippen LogP contribution in [-0.2, 0) is 6.54 Å². The Bertz CT molecular complexity index is 736. The summed E-state index contributed by atoms with van der Waals surface area (Å²) in [7, 11) is 0. The molecule has 0 amide bonds. The van der Waals surface area contributed by atoms with E-state index in [-0.39, 0.29) is 0 Å². The van der Waals surface area contributed by atoms with Crippen molar-refractivity contribution in [2.24, 2.45) is 0 Å². The van der Waals surface area contributed by atoms with E-state index in [0.29, 0.717) is 12.3 Å². The third-order valence-electron chi connectivity index (χ3n) is 3.25. The van der Waals surface area contributed by atoms with Crippen LogP contribution in [0.1, 0.15) is 0 Å². The first-order valence-electron chi connectivity index (χ1n) is 6.46. The Kier molecular flexibility index (Phi) is 3.65. The van der Waals surface area contributed by atoms with Crippen LogP contribution in [0, 0.1) is 0 Å². The summed E-state index contributed by atoms with van der Waals surface area (Å²) in [4.78, 5) is 0. The first kappa shape index (κ1) is 13.1. The highest BCUT2D eigenvalue weighted by molar-refractivity contribution is 9.10. The number of hydrogen-bond acceptors (Lipinski definition) is 2. The van der Waals surface area contributed by atoms with Gasteiger partial charge in [0, 0.05) is 21.6 Å². The number of nitrogen functional groups attached to an aromatic ring is 1. The molecule has 0 saturated heterocycles. The molecule has 0 fully saturated rings. The molecule has 0 bridgehead atoms. The smallest absolute Gasteiger partial charge is 0.142 e. The van der Waals surface area contributed by atoms with Crippen molar-refractivity contribution in [3.63, 3.8) is 0 Å². The monoisotopic (exact) mass is 330 g/mol. The molecular weight excluding hydrogens is 316 g/mol. The molecule has 3 rings (SSSR count). The van der Waals surface area contributed by atoms with E-state index in [4.69, 9.17) is 10.5 Å². The maximum absolute atomic E-state index is 5.86. The molecule has 0 aliphatic rings. The van der Waals surface area contributed by atoms with E-state index < -0.39 is 0 Å². The normalized spacial score (nSPS) is 10.8. The lowest BCUT2D eigenvalue weighted by Gasteiger charge is -2.09. The average molecular weight is 331 g/mol. The van der Waals surface area contributed by atoms with E-state index in [9.17, 15) is 0 Å². The van der Waals surface area contributed by atoms with Gasteiger partial charge >= 0.3 is 0 Å². The average Bonchev–Trinajstić information content (AvgIpc) is 2.78. The van der Waals surface area contributed by atoms with Crippen LogP contribution >= 0.6 is 15.9 Å². The molecule has 20 heavy (non-hydrogen) atoms. The Hall–Kier alpha value is -1.94. The van der Waals surface area contributed by atoms with Crippen molar-refractivity contribution in [1.82, 2.24) is 4.57 Å². The molecule has 2 aromatic carbocycles. The summed E-state index contributed by atoms with van der Waals surface area (Å²) in [6.07, 6.45) is 2.09. The van der Waals surface area contributed by atoms with Crippen LogP contribution in [0.2, 0.25) is 0 Å². The summed E-state index contributed by atoms with van der Waals surface area (Å²) < 4.78 is 9.02. The van der Waals surface area contributed by atoms with E-state index in [2.05, 4.69) is 38.8 Å². The molecule has 2 N–H and O–H groups in total. The van der Waals surface area contributed by atoms with Crippen molar-refractivity contribution in [2.45, 2.75) is 6.54 Å². The lowest BCUT2D eigenvalue weighted by molar-refractivity contribution is 0.302. The Labute approximate surface area is 126 Å². The zero-order chi connectivity index (χ0) is 13.9. The lowest BCUT2D eigenvalue weighted by atomic mass is 10.2. The van der Waals surface area contributed by atoms with Gasteiger partial charge in [-0.25, -0.2) is 0 Å². The van der Waals surface area contributed by atoms with Crippen molar-refractivity contribution < 1.29 is 4.74 Å². The number of anilines is 1. The molecule has 4 heteroatoms. The molecule has 1 heterocycles. The summed E-state index contributed by atoms with van der Waals surface area (Å²) in [5.74, 6) is 0.739. The fourth-order valence-corrected chi connectivity index (χ4v) is 2.84. The Morgan fingerprint density at radius 3 is 2.65 bits per heavy atom. The molecule has 0 aliphatic carbocycles. The molecule has 102 valence electrons. The summed E-state index contributed by atoms with van der Waals surface area (Å²) in [6, 6.07) is 15.9. The van der Waals surface area contributed by atoms with E-state index in [0.717, 1.165) is 16.8 Å². The number of fused-ring (bicyclic) bond motifs is 1. The number of ether oxygens (including phenoxy) is 1. The highest BCUT2D eigenvalue weighted by Crippen LogP contribution is 2.26. The SMILES string of the molecule is Nc1ccccc1OCCn1cc(Br)c2ccccc21. The van der Waals surface area contributed by atoms with Gasteiger partial charge in [0.2, 0.25) is 0 Å². The minimum atomic E-state index is 0.583. The van der Waals surface area contributed by atoms with Gasteiger partial charge in [0.15, 0.2) is 0 Å². The maximum atomic E-state index is 5.86. The number of para-hydroxylation sites is 3. The van der Waals surface area contributed by atoms with Gasteiger partial charge < -0.3 is 15.0 Å². The summed E-state index contributed by atoms with van der Waals surface area (Å²) in [5.41, 5.74) is 7.73. The number of benzene rings is 2. The minimum Gasteiger partial charge on any atom is -0.490 e. The van der Waals surface area contributed by atoms with Gasteiger partial charge in [0.1, 0.15) is 12.4 Å². The molecule has 0 saturated carbocycles. The van der Waals surface area contributed by atoms with Gasteiger partial charge in [-0.3, -0.25) is 0 Å². The number of aromatic nitrogens is 1. The number of nitrogens with two attached hydrogens (primary N) is 1. The van der Waals surface area contributed by atoms with Gasteiger partial charge in [-0.05, 0) is 34.1 Å². The number of nitrogens with zero attached hydrogens (tertiary/aromatic N) is 1. The fourth-order valence-electron chi connectivity index (χ4n) is 2.25. The topological polar surface area (TPSA) is 40.2 Å². The van der Waals surface area contributed by atoms with Gasteiger partial charge in [0.25, 0.3) is 0 Å². The van der Waals surface area contributed by atoms with Crippen molar-refractivity contribution >= 4 is 32.5 Å². The van der Waals surface area contributed by atoms with Crippen LogP contribution < -0.4 is 10.5 Å². The summed E-state index contributed by atoms with van der Waals surface area (Å²) in [6.45, 7) is 1.36. The van der Waals surface area contributed by atoms with E-state index in [1.165, 1.54) is 10.9 Å². The third-order valence-corrected chi connectivity index (χ3v) is 3.88. The van der Waals surface area contributed by atoms with Crippen LogP contribution in [0.3, 0.4) is 0 Å². The van der Waals surface area contributed by atoms with E-state index in [1.807, 2.05) is 36.4 Å². The molecule has 0 radical (unpaired) electrons. The number of hydrogen-bond donors (Lipinski definition) is 1. The standard InChI is InChI=1S/C16H15BrN2O/c17-13-11-19(15-7-3-1-5-12(13)15)9-10-20-16-8-4-2-6-14(16)18/h1-8,11H,9-10,18H2. The van der Waals surface area contributed by atoms with Crippen LogP contribution in [-0.4, -0.2) is 11.2 Å². The maximum Gasteiger partial charge on any atom is 0.142 e. The van der Waals surface area contributed by atoms with Gasteiger partial charge in [0.05, 0.1) is 12.2 Å². The molecule has 1 aromatic heterocycles. The highest BCUT2D eigenvalue weighted by atomic mass is 79.9. The third kappa shape index (κ3) is 2.51. The molecule has 0 aliphatic heterocycles. The molecule has 3 aromatic rings. The number of halogens is 1. The Morgan fingerprint density at radius 2 is 1.80 bits per heavy atom. The predicted octanol–water partition coefficient (Wildman–Crippen LogP) is 4.07. The minimum absolute atomic E-state index is 0.583. The second kappa shape index (κ2) is 5.59. The van der Waals surface area contributed by atoms with Gasteiger partial charge in [-0.15, -0.1) is 0 Å². The van der Waals surface area contributed by atoms with Crippen LogP contribution in [0.15, 0.2) is 59.2 Å². The van der Waals surface area contributed by atoms with Crippen LogP contribution in [0.25, 0.3) is 10.9 Å². The van der Waals surface area contributed by atoms with Crippen molar-refractivity contribution in [2.75, 3.05) is 12.3 Å². The van der Waals surface area contributed by atoms with Crippen molar-refractivity contribution in [3.05, 3.63) is 59.2 Å². The molecule has 3 nitrogen and oxygen atoms in total. The fraction of sp³-hybridized carbons (Fsp3) is 0.125. The first-order valence-corrected chi connectivity index (χ1v) is 7.25. The highest BCUT2D eigenvalue weighted by Gasteiger charge is 2.06. The molecule has 0 unspecified atom stereocenters. The van der Waals surface area contributed by atoms with Crippen molar-refractivity contribution in [1.29, 1.82) is 0 Å².